The topological polar surface area (TPSA) is 92.0 Å². The van der Waals surface area contributed by atoms with E-state index in [9.17, 15) is 9.50 Å². The second-order valence-corrected chi connectivity index (χ2v) is 8.44. The van der Waals surface area contributed by atoms with Crippen LogP contribution >= 0.6 is 0 Å². The number of fused-ring (bicyclic) bond motifs is 1. The van der Waals surface area contributed by atoms with Crippen molar-refractivity contribution >= 4 is 16.7 Å². The molecule has 1 aliphatic rings. The molecule has 4 aromatic rings. The van der Waals surface area contributed by atoms with Crippen LogP contribution < -0.4 is 10.2 Å². The summed E-state index contributed by atoms with van der Waals surface area (Å²) in [5.41, 5.74) is 2.33. The van der Waals surface area contributed by atoms with E-state index in [4.69, 9.17) is 0 Å². The van der Waals surface area contributed by atoms with Crippen LogP contribution in [0.15, 0.2) is 42.7 Å². The number of aromatic hydroxyl groups is 1. The molecule has 1 aromatic carbocycles. The molecule has 2 N–H and O–H groups in total. The Kier molecular flexibility index (Phi) is 4.97. The summed E-state index contributed by atoms with van der Waals surface area (Å²) in [4.78, 5) is 6.58. The second kappa shape index (κ2) is 7.83. The normalized spacial score (nSPS) is 18.9. The molecule has 32 heavy (non-hydrogen) atoms. The van der Waals surface area contributed by atoms with Crippen molar-refractivity contribution in [3.05, 3.63) is 48.5 Å². The molecule has 0 saturated carbocycles. The van der Waals surface area contributed by atoms with E-state index in [-0.39, 0.29) is 5.75 Å². The van der Waals surface area contributed by atoms with Crippen molar-refractivity contribution < 1.29 is 9.50 Å². The van der Waals surface area contributed by atoms with Crippen LogP contribution in [0.25, 0.3) is 33.4 Å². The first-order chi connectivity index (χ1) is 15.4. The highest BCUT2D eigenvalue weighted by atomic mass is 19.1. The molecule has 0 spiro atoms. The monoisotopic (exact) mass is 433 g/mol. The van der Waals surface area contributed by atoms with E-state index in [2.05, 4.69) is 44.3 Å². The van der Waals surface area contributed by atoms with Crippen molar-refractivity contribution in [3.63, 3.8) is 0 Å². The largest absolute Gasteiger partial charge is 0.506 e. The average Bonchev–Trinajstić information content (AvgIpc) is 3.14. The van der Waals surface area contributed by atoms with Gasteiger partial charge in [0.2, 0.25) is 0 Å². The molecular weight excluding hydrogens is 409 g/mol. The fraction of sp³-hybridized carbons (Fsp3) is 0.304. The highest BCUT2D eigenvalue weighted by Crippen LogP contribution is 2.32. The summed E-state index contributed by atoms with van der Waals surface area (Å²) in [7, 11) is 1.75. The molecule has 1 saturated heterocycles. The molecule has 0 unspecified atom stereocenters. The third-order valence-electron chi connectivity index (χ3n) is 5.65. The molecule has 0 amide bonds. The first kappa shape index (κ1) is 20.3. The van der Waals surface area contributed by atoms with Crippen molar-refractivity contribution in [2.45, 2.75) is 25.9 Å². The molecule has 1 aliphatic heterocycles. The Labute approximate surface area is 184 Å². The number of nitrogens with zero attached hydrogens (tertiary/aromatic N) is 6. The van der Waals surface area contributed by atoms with Crippen molar-refractivity contribution in [2.24, 2.45) is 7.05 Å². The lowest BCUT2D eigenvalue weighted by atomic mass is 10.0. The first-order valence-electron chi connectivity index (χ1n) is 10.5. The summed E-state index contributed by atoms with van der Waals surface area (Å²) in [5.74, 6) is 0.339. The minimum Gasteiger partial charge on any atom is -0.506 e. The number of hydrogen-bond acceptors (Lipinski definition) is 7. The van der Waals surface area contributed by atoms with Gasteiger partial charge >= 0.3 is 0 Å². The van der Waals surface area contributed by atoms with Crippen LogP contribution in [0.4, 0.5) is 10.2 Å². The molecule has 3 aromatic heterocycles. The fourth-order valence-electron chi connectivity index (χ4n) is 4.32. The lowest BCUT2D eigenvalue weighted by Gasteiger charge is -2.36. The third kappa shape index (κ3) is 3.75. The summed E-state index contributed by atoms with van der Waals surface area (Å²) >= 11 is 0. The average molecular weight is 433 g/mol. The molecular formula is C23H24FN7O. The van der Waals surface area contributed by atoms with Gasteiger partial charge in [0, 0.05) is 55.6 Å². The predicted molar refractivity (Wildman–Crippen MR) is 121 cm³/mol. The van der Waals surface area contributed by atoms with E-state index in [1.807, 2.05) is 18.2 Å². The Morgan fingerprint density at radius 1 is 1.06 bits per heavy atom. The molecule has 1 fully saturated rings. The number of benzene rings is 1. The Morgan fingerprint density at radius 2 is 1.84 bits per heavy atom. The van der Waals surface area contributed by atoms with Gasteiger partial charge in [-0.2, -0.15) is 5.10 Å². The van der Waals surface area contributed by atoms with Gasteiger partial charge in [-0.05, 0) is 49.7 Å². The summed E-state index contributed by atoms with van der Waals surface area (Å²) in [6.45, 7) is 6.00. The van der Waals surface area contributed by atoms with Crippen molar-refractivity contribution in [2.75, 3.05) is 18.0 Å². The van der Waals surface area contributed by atoms with Crippen LogP contribution in [0.5, 0.6) is 5.75 Å². The van der Waals surface area contributed by atoms with Gasteiger partial charge in [-0.3, -0.25) is 4.68 Å². The molecule has 2 atom stereocenters. The van der Waals surface area contributed by atoms with Crippen molar-refractivity contribution in [1.29, 1.82) is 0 Å². The second-order valence-electron chi connectivity index (χ2n) is 8.44. The van der Waals surface area contributed by atoms with E-state index in [0.717, 1.165) is 18.9 Å². The Bertz CT molecular complexity index is 1280. The maximum Gasteiger partial charge on any atom is 0.151 e. The summed E-state index contributed by atoms with van der Waals surface area (Å²) in [5, 5.41) is 27.6. The number of aromatic nitrogens is 5. The number of anilines is 1. The molecule has 9 heteroatoms. The quantitative estimate of drug-likeness (QED) is 0.513. The zero-order valence-electron chi connectivity index (χ0n) is 18.1. The van der Waals surface area contributed by atoms with Gasteiger partial charge in [0.25, 0.3) is 0 Å². The van der Waals surface area contributed by atoms with Gasteiger partial charge in [0.05, 0.1) is 0 Å². The predicted octanol–water partition coefficient (Wildman–Crippen LogP) is 3.12. The summed E-state index contributed by atoms with van der Waals surface area (Å²) in [6, 6.07) is 9.23. The Balaban J connectivity index is 1.42. The van der Waals surface area contributed by atoms with Gasteiger partial charge in [0.1, 0.15) is 22.7 Å². The highest BCUT2D eigenvalue weighted by Gasteiger charge is 2.22. The number of halogens is 1. The molecule has 0 aliphatic carbocycles. The minimum atomic E-state index is -0.417. The highest BCUT2D eigenvalue weighted by molar-refractivity contribution is 5.85. The zero-order valence-corrected chi connectivity index (χ0v) is 18.1. The maximum atomic E-state index is 14.4. The summed E-state index contributed by atoms with van der Waals surface area (Å²) in [6.07, 6.45) is 3.35. The van der Waals surface area contributed by atoms with Gasteiger partial charge < -0.3 is 15.3 Å². The van der Waals surface area contributed by atoms with E-state index in [1.54, 1.807) is 30.2 Å². The SMILES string of the molecule is C[C@@H]1CN(c2ccc(-c3ncc(-c4cc(F)c5nn(C)cc5c4)cc3O)nn2)C[C@@H](C)N1. The summed E-state index contributed by atoms with van der Waals surface area (Å²) < 4.78 is 16.0. The standard InChI is InChI=1S/C23H24FN7O/c1-13-10-31(11-14(2)26-13)21-5-4-19(27-28-21)23-20(32)8-16(9-25-23)15-6-17-12-30(3)29-22(17)18(24)7-15/h4-9,12-14,26,32H,10-11H2,1-3H3/t13-,14-/m1/s1. The fourth-order valence-corrected chi connectivity index (χ4v) is 4.32. The van der Waals surface area contributed by atoms with E-state index < -0.39 is 5.82 Å². The lowest BCUT2D eigenvalue weighted by molar-refractivity contribution is 0.404. The number of piperazine rings is 1. The maximum absolute atomic E-state index is 14.4. The van der Waals surface area contributed by atoms with Gasteiger partial charge in [-0.15, -0.1) is 10.2 Å². The Morgan fingerprint density at radius 3 is 2.53 bits per heavy atom. The number of nitrogens with one attached hydrogen (secondary N) is 1. The van der Waals surface area contributed by atoms with Gasteiger partial charge in [0.15, 0.2) is 11.6 Å². The van der Waals surface area contributed by atoms with Crippen LogP contribution in [0.3, 0.4) is 0 Å². The van der Waals surface area contributed by atoms with Crippen LogP contribution in [0.1, 0.15) is 13.8 Å². The molecule has 0 radical (unpaired) electrons. The van der Waals surface area contributed by atoms with Gasteiger partial charge in [-0.25, -0.2) is 9.37 Å². The van der Waals surface area contributed by atoms with Crippen molar-refractivity contribution in [1.82, 2.24) is 30.3 Å². The van der Waals surface area contributed by atoms with E-state index >= 15 is 0 Å². The minimum absolute atomic E-state index is 0.0411. The number of rotatable bonds is 3. The lowest BCUT2D eigenvalue weighted by Crippen LogP contribution is -2.54. The Hall–Kier alpha value is -3.59. The molecule has 5 rings (SSSR count). The van der Waals surface area contributed by atoms with Crippen molar-refractivity contribution in [3.8, 4) is 28.3 Å². The van der Waals surface area contributed by atoms with Gasteiger partial charge in [-0.1, -0.05) is 0 Å². The van der Waals surface area contributed by atoms with Crippen LogP contribution in [0.2, 0.25) is 0 Å². The molecule has 4 heterocycles. The zero-order chi connectivity index (χ0) is 22.4. The molecule has 0 bridgehead atoms. The molecule has 164 valence electrons. The van der Waals surface area contributed by atoms with E-state index in [0.29, 0.717) is 45.5 Å². The van der Waals surface area contributed by atoms with Crippen LogP contribution in [0, 0.1) is 5.82 Å². The third-order valence-corrected chi connectivity index (χ3v) is 5.65. The first-order valence-corrected chi connectivity index (χ1v) is 10.5. The number of hydrogen-bond donors (Lipinski definition) is 2. The van der Waals surface area contributed by atoms with Crippen LogP contribution in [-0.4, -0.2) is 55.2 Å². The number of aryl methyl sites for hydroxylation is 1. The molecule has 8 nitrogen and oxygen atoms in total. The number of pyridine rings is 1. The smallest absolute Gasteiger partial charge is 0.151 e. The van der Waals surface area contributed by atoms with Crippen LogP contribution in [-0.2, 0) is 7.05 Å². The van der Waals surface area contributed by atoms with E-state index in [1.165, 1.54) is 6.07 Å².